The number of hydrogen-bond donors (Lipinski definition) is 5. The average molecular weight is 436 g/mol. The number of benzene rings is 2. The lowest BCUT2D eigenvalue weighted by molar-refractivity contribution is -0.117. The summed E-state index contributed by atoms with van der Waals surface area (Å²) in [5, 5.41) is 25.3. The van der Waals surface area contributed by atoms with Crippen LogP contribution in [0.1, 0.15) is 17.2 Å². The van der Waals surface area contributed by atoms with Gasteiger partial charge in [0.05, 0.1) is 12.1 Å². The van der Waals surface area contributed by atoms with Crippen molar-refractivity contribution in [1.82, 2.24) is 10.0 Å². The number of fused-ring (bicyclic) bond motifs is 1. The van der Waals surface area contributed by atoms with Gasteiger partial charge < -0.3 is 20.8 Å². The molecule has 2 aromatic carbocycles. The minimum Gasteiger partial charge on any atom is -0.506 e. The Kier molecular flexibility index (Phi) is 4.74. The summed E-state index contributed by atoms with van der Waals surface area (Å²) < 4.78 is 40.4. The van der Waals surface area contributed by atoms with E-state index in [-0.39, 0.29) is 5.69 Å². The number of aromatic hydroxyl groups is 1. The predicted octanol–water partition coefficient (Wildman–Crippen LogP) is 0.492. The molecule has 3 amide bonds. The van der Waals surface area contributed by atoms with Gasteiger partial charge in [-0.1, -0.05) is 24.3 Å². The van der Waals surface area contributed by atoms with Gasteiger partial charge in [-0.3, -0.25) is 4.79 Å². The number of halogens is 1. The van der Waals surface area contributed by atoms with Crippen LogP contribution in [0.15, 0.2) is 36.4 Å². The Hall–Kier alpha value is -3.38. The molecule has 0 bridgehead atoms. The molecule has 2 aliphatic rings. The van der Waals surface area contributed by atoms with Crippen LogP contribution < -0.4 is 19.7 Å². The van der Waals surface area contributed by atoms with E-state index in [4.69, 9.17) is 0 Å². The zero-order valence-corrected chi connectivity index (χ0v) is 16.1. The number of hydrogen-bond acceptors (Lipinski definition) is 6. The van der Waals surface area contributed by atoms with Crippen molar-refractivity contribution in [3.63, 3.8) is 0 Å². The first-order valence-electron chi connectivity index (χ1n) is 8.85. The van der Waals surface area contributed by atoms with E-state index < -0.39 is 58.1 Å². The van der Waals surface area contributed by atoms with Gasteiger partial charge in [0.15, 0.2) is 5.82 Å². The summed E-state index contributed by atoms with van der Waals surface area (Å²) in [6, 6.07) is 7.57. The summed E-state index contributed by atoms with van der Waals surface area (Å²) in [5.41, 5.74) is 0.807. The SMILES string of the molecule is O=C1CN(c2c(O)cc(NC(=O)N[C@@H]3c4ccccc4C[C@@H]3O)cc2F)S(=O)(=O)N1. The Morgan fingerprint density at radius 2 is 2.00 bits per heavy atom. The van der Waals surface area contributed by atoms with E-state index in [1.807, 2.05) is 12.1 Å². The maximum absolute atomic E-state index is 14.5. The van der Waals surface area contributed by atoms with Crippen LogP contribution in [0.4, 0.5) is 20.6 Å². The normalized spacial score (nSPS) is 21.8. The van der Waals surface area contributed by atoms with Crippen molar-refractivity contribution in [1.29, 1.82) is 0 Å². The van der Waals surface area contributed by atoms with Gasteiger partial charge in [0.1, 0.15) is 18.0 Å². The number of anilines is 2. The summed E-state index contributed by atoms with van der Waals surface area (Å²) in [6.07, 6.45) is -0.450. The second kappa shape index (κ2) is 7.15. The zero-order chi connectivity index (χ0) is 21.6. The number of nitrogens with zero attached hydrogens (tertiary/aromatic N) is 1. The topological polar surface area (TPSA) is 148 Å². The number of rotatable bonds is 3. The third kappa shape index (κ3) is 3.50. The Morgan fingerprint density at radius 1 is 1.27 bits per heavy atom. The second-order valence-corrected chi connectivity index (χ2v) is 8.50. The Morgan fingerprint density at radius 3 is 2.67 bits per heavy atom. The fourth-order valence-electron chi connectivity index (χ4n) is 3.61. The molecule has 1 heterocycles. The maximum Gasteiger partial charge on any atom is 0.326 e. The van der Waals surface area contributed by atoms with Crippen molar-refractivity contribution in [3.05, 3.63) is 53.3 Å². The molecule has 30 heavy (non-hydrogen) atoms. The first-order chi connectivity index (χ1) is 14.2. The van der Waals surface area contributed by atoms with Crippen molar-refractivity contribution in [2.45, 2.75) is 18.6 Å². The molecule has 10 nitrogen and oxygen atoms in total. The highest BCUT2D eigenvalue weighted by atomic mass is 32.2. The van der Waals surface area contributed by atoms with Crippen LogP contribution >= 0.6 is 0 Å². The summed E-state index contributed by atoms with van der Waals surface area (Å²) in [5.74, 6) is -2.81. The van der Waals surface area contributed by atoms with Crippen LogP contribution in [-0.2, 0) is 21.4 Å². The van der Waals surface area contributed by atoms with Crippen molar-refractivity contribution in [3.8, 4) is 5.75 Å². The van der Waals surface area contributed by atoms with E-state index in [0.29, 0.717) is 10.7 Å². The number of phenolic OH excluding ortho intramolecular Hbond substituents is 1. The predicted molar refractivity (Wildman–Crippen MR) is 104 cm³/mol. The number of carbonyl (C=O) groups excluding carboxylic acids is 2. The molecule has 0 saturated carbocycles. The lowest BCUT2D eigenvalue weighted by atomic mass is 10.1. The molecule has 0 spiro atoms. The molecular weight excluding hydrogens is 419 g/mol. The van der Waals surface area contributed by atoms with Gasteiger partial charge in [0, 0.05) is 18.2 Å². The smallest absolute Gasteiger partial charge is 0.326 e. The molecule has 4 rings (SSSR count). The quantitative estimate of drug-likeness (QED) is 0.473. The number of aliphatic hydroxyl groups excluding tert-OH is 1. The number of phenols is 1. The fourth-order valence-corrected chi connectivity index (χ4v) is 4.78. The van der Waals surface area contributed by atoms with Crippen molar-refractivity contribution in [2.24, 2.45) is 0 Å². The molecule has 0 radical (unpaired) electrons. The summed E-state index contributed by atoms with van der Waals surface area (Å²) in [4.78, 5) is 23.7. The monoisotopic (exact) mass is 436 g/mol. The van der Waals surface area contributed by atoms with E-state index in [9.17, 15) is 32.6 Å². The minimum absolute atomic E-state index is 0.150. The van der Waals surface area contributed by atoms with E-state index in [1.165, 1.54) is 0 Å². The summed E-state index contributed by atoms with van der Waals surface area (Å²) in [7, 11) is -4.31. The largest absolute Gasteiger partial charge is 0.506 e. The lowest BCUT2D eigenvalue weighted by Gasteiger charge is -2.20. The Balaban J connectivity index is 1.52. The molecule has 2 aromatic rings. The number of carbonyl (C=O) groups is 2. The molecule has 12 heteroatoms. The van der Waals surface area contributed by atoms with Crippen molar-refractivity contribution in [2.75, 3.05) is 16.2 Å². The third-order valence-electron chi connectivity index (χ3n) is 4.86. The van der Waals surface area contributed by atoms with E-state index in [2.05, 4.69) is 10.6 Å². The highest BCUT2D eigenvalue weighted by Gasteiger charge is 2.37. The molecule has 0 unspecified atom stereocenters. The van der Waals surface area contributed by atoms with Crippen LogP contribution in [0.25, 0.3) is 0 Å². The Labute approximate surface area is 170 Å². The minimum atomic E-state index is -4.31. The Bertz CT molecular complexity index is 1130. The van der Waals surface area contributed by atoms with Crippen LogP contribution in [0.3, 0.4) is 0 Å². The molecule has 2 atom stereocenters. The van der Waals surface area contributed by atoms with Gasteiger partial charge >= 0.3 is 16.2 Å². The highest BCUT2D eigenvalue weighted by molar-refractivity contribution is 7.92. The maximum atomic E-state index is 14.5. The zero-order valence-electron chi connectivity index (χ0n) is 15.3. The first kappa shape index (κ1) is 19.9. The van der Waals surface area contributed by atoms with Crippen LogP contribution in [-0.4, -0.2) is 43.2 Å². The summed E-state index contributed by atoms with van der Waals surface area (Å²) >= 11 is 0. The molecule has 1 aliphatic heterocycles. The van der Waals surface area contributed by atoms with E-state index in [0.717, 1.165) is 23.3 Å². The molecule has 5 N–H and O–H groups in total. The van der Waals surface area contributed by atoms with Gasteiger partial charge in [-0.2, -0.15) is 8.42 Å². The number of aliphatic hydroxyl groups is 1. The van der Waals surface area contributed by atoms with Crippen molar-refractivity contribution >= 4 is 33.5 Å². The van der Waals surface area contributed by atoms with Crippen LogP contribution in [0.2, 0.25) is 0 Å². The molecule has 1 aliphatic carbocycles. The molecule has 0 aromatic heterocycles. The van der Waals surface area contributed by atoms with Crippen molar-refractivity contribution < 1.29 is 32.6 Å². The number of urea groups is 1. The number of nitrogens with one attached hydrogen (secondary N) is 3. The highest BCUT2D eigenvalue weighted by Crippen LogP contribution is 2.36. The van der Waals surface area contributed by atoms with Gasteiger partial charge in [-0.25, -0.2) is 18.2 Å². The van der Waals surface area contributed by atoms with Crippen LogP contribution in [0, 0.1) is 5.82 Å². The van der Waals surface area contributed by atoms with E-state index in [1.54, 1.807) is 16.9 Å². The van der Waals surface area contributed by atoms with Gasteiger partial charge in [-0.15, -0.1) is 0 Å². The van der Waals surface area contributed by atoms with Crippen LogP contribution in [0.5, 0.6) is 5.75 Å². The lowest BCUT2D eigenvalue weighted by Crippen LogP contribution is -2.36. The molecular formula is C18H17FN4O6S. The van der Waals surface area contributed by atoms with Gasteiger partial charge in [0.25, 0.3) is 5.91 Å². The third-order valence-corrected chi connectivity index (χ3v) is 6.24. The van der Waals surface area contributed by atoms with Gasteiger partial charge in [0.2, 0.25) is 0 Å². The first-order valence-corrected chi connectivity index (χ1v) is 10.3. The molecule has 158 valence electrons. The summed E-state index contributed by atoms with van der Waals surface area (Å²) in [6.45, 7) is -0.681. The molecule has 1 saturated heterocycles. The van der Waals surface area contributed by atoms with Gasteiger partial charge in [-0.05, 0) is 17.2 Å². The number of amides is 3. The molecule has 1 fully saturated rings. The standard InChI is InChI=1S/C18H17FN4O6S/c19-12-6-10(7-14(25)17(12)23-8-15(26)22-30(23,28)29)20-18(27)21-16-11-4-2-1-3-9(11)5-13(16)24/h1-4,6-7,13,16,24-25H,5,8H2,(H,22,26)(H2,20,21,27)/t13-,16+/m0/s1. The second-order valence-electron chi connectivity index (χ2n) is 6.91. The van der Waals surface area contributed by atoms with E-state index >= 15 is 0 Å². The average Bonchev–Trinajstić information content (AvgIpc) is 3.09. The fraction of sp³-hybridized carbons (Fsp3) is 0.222.